The largest absolute Gasteiger partial charge is 0.392 e. The van der Waals surface area contributed by atoms with Crippen LogP contribution in [0.1, 0.15) is 71.6 Å². The standard InChI is InChI=1S/C22H38N2O2/c1-18(2)10-14-23-15-11-20(25)22(16-23)12-5-13-24(17-22)21(26)9-8-19-6-3-4-7-19/h10,19-20,25H,3-9,11-17H2,1-2H3/t20-,22-/m1/s1. The van der Waals surface area contributed by atoms with Crippen LogP contribution >= 0.6 is 0 Å². The minimum absolute atomic E-state index is 0.116. The summed E-state index contributed by atoms with van der Waals surface area (Å²) in [6, 6.07) is 0. The van der Waals surface area contributed by atoms with Crippen LogP contribution in [0.15, 0.2) is 11.6 Å². The number of amides is 1. The van der Waals surface area contributed by atoms with Crippen LogP contribution in [0.5, 0.6) is 0 Å². The Hall–Kier alpha value is -0.870. The third kappa shape index (κ3) is 4.89. The second-order valence-corrected chi connectivity index (χ2v) is 9.29. The van der Waals surface area contributed by atoms with Crippen LogP contribution in [-0.4, -0.2) is 59.6 Å². The molecule has 0 radical (unpaired) electrons. The summed E-state index contributed by atoms with van der Waals surface area (Å²) < 4.78 is 0. The lowest BCUT2D eigenvalue weighted by Gasteiger charge is -2.51. The molecule has 26 heavy (non-hydrogen) atoms. The van der Waals surface area contributed by atoms with Gasteiger partial charge in [-0.1, -0.05) is 37.3 Å². The fourth-order valence-electron chi connectivity index (χ4n) is 5.27. The van der Waals surface area contributed by atoms with Crippen LogP contribution in [0.2, 0.25) is 0 Å². The summed E-state index contributed by atoms with van der Waals surface area (Å²) in [6.07, 6.45) is 12.0. The number of carbonyl (C=O) groups excluding carboxylic acids is 1. The Balaban J connectivity index is 1.57. The Morgan fingerprint density at radius 3 is 2.62 bits per heavy atom. The van der Waals surface area contributed by atoms with Crippen LogP contribution < -0.4 is 0 Å². The first-order valence-corrected chi connectivity index (χ1v) is 10.8. The highest BCUT2D eigenvalue weighted by atomic mass is 16.3. The van der Waals surface area contributed by atoms with Crippen LogP contribution in [-0.2, 0) is 4.79 Å². The van der Waals surface area contributed by atoms with Crippen LogP contribution in [0.3, 0.4) is 0 Å². The van der Waals surface area contributed by atoms with E-state index in [2.05, 4.69) is 29.7 Å². The Morgan fingerprint density at radius 2 is 1.88 bits per heavy atom. The molecular formula is C22H38N2O2. The lowest BCUT2D eigenvalue weighted by Crippen LogP contribution is -2.59. The smallest absolute Gasteiger partial charge is 0.222 e. The van der Waals surface area contributed by atoms with E-state index in [9.17, 15) is 9.90 Å². The van der Waals surface area contributed by atoms with Gasteiger partial charge in [0.15, 0.2) is 0 Å². The van der Waals surface area contributed by atoms with Gasteiger partial charge in [-0.3, -0.25) is 9.69 Å². The fourth-order valence-corrected chi connectivity index (χ4v) is 5.27. The number of aliphatic hydroxyl groups excluding tert-OH is 1. The molecule has 2 saturated heterocycles. The van der Waals surface area contributed by atoms with Crippen molar-refractivity contribution in [3.05, 3.63) is 11.6 Å². The van der Waals surface area contributed by atoms with E-state index >= 15 is 0 Å². The molecule has 1 aliphatic carbocycles. The normalized spacial score (nSPS) is 30.7. The van der Waals surface area contributed by atoms with E-state index in [0.717, 1.165) is 64.3 Å². The molecule has 1 N–H and O–H groups in total. The van der Waals surface area contributed by atoms with Gasteiger partial charge < -0.3 is 10.0 Å². The minimum Gasteiger partial charge on any atom is -0.392 e. The fraction of sp³-hybridized carbons (Fsp3) is 0.864. The quantitative estimate of drug-likeness (QED) is 0.760. The molecule has 4 nitrogen and oxygen atoms in total. The van der Waals surface area contributed by atoms with E-state index in [0.29, 0.717) is 12.3 Å². The number of likely N-dealkylation sites (tertiary alicyclic amines) is 2. The van der Waals surface area contributed by atoms with Gasteiger partial charge in [0.25, 0.3) is 0 Å². The molecule has 2 aliphatic heterocycles. The van der Waals surface area contributed by atoms with E-state index in [-0.39, 0.29) is 11.5 Å². The Labute approximate surface area is 159 Å². The number of aliphatic hydroxyl groups is 1. The number of hydrogen-bond acceptors (Lipinski definition) is 3. The maximum absolute atomic E-state index is 12.8. The molecule has 1 amide bonds. The van der Waals surface area contributed by atoms with Crippen molar-refractivity contribution in [1.82, 2.24) is 9.80 Å². The van der Waals surface area contributed by atoms with Gasteiger partial charge in [0.05, 0.1) is 6.10 Å². The summed E-state index contributed by atoms with van der Waals surface area (Å²) in [7, 11) is 0. The molecule has 2 heterocycles. The van der Waals surface area contributed by atoms with Crippen molar-refractivity contribution in [2.45, 2.75) is 77.7 Å². The monoisotopic (exact) mass is 362 g/mol. The van der Waals surface area contributed by atoms with Gasteiger partial charge in [-0.15, -0.1) is 0 Å². The van der Waals surface area contributed by atoms with E-state index in [4.69, 9.17) is 0 Å². The van der Waals surface area contributed by atoms with Gasteiger partial charge in [-0.05, 0) is 45.4 Å². The average Bonchev–Trinajstić information content (AvgIpc) is 3.14. The Bertz CT molecular complexity index is 508. The summed E-state index contributed by atoms with van der Waals surface area (Å²) in [4.78, 5) is 17.3. The van der Waals surface area contributed by atoms with Crippen molar-refractivity contribution in [3.8, 4) is 0 Å². The number of hydrogen-bond donors (Lipinski definition) is 1. The molecular weight excluding hydrogens is 324 g/mol. The zero-order chi connectivity index (χ0) is 18.6. The van der Waals surface area contributed by atoms with E-state index in [1.807, 2.05) is 0 Å². The van der Waals surface area contributed by atoms with Crippen molar-refractivity contribution in [3.63, 3.8) is 0 Å². The number of allylic oxidation sites excluding steroid dienone is 1. The third-order valence-electron chi connectivity index (χ3n) is 6.92. The van der Waals surface area contributed by atoms with Gasteiger partial charge in [0.2, 0.25) is 5.91 Å². The predicted octanol–water partition coefficient (Wildman–Crippen LogP) is 3.60. The highest BCUT2D eigenvalue weighted by Gasteiger charge is 2.46. The number of rotatable bonds is 5. The van der Waals surface area contributed by atoms with Crippen LogP contribution in [0, 0.1) is 11.3 Å². The van der Waals surface area contributed by atoms with E-state index in [1.165, 1.54) is 31.3 Å². The molecule has 0 aromatic rings. The van der Waals surface area contributed by atoms with Crippen LogP contribution in [0.4, 0.5) is 0 Å². The summed E-state index contributed by atoms with van der Waals surface area (Å²) in [5, 5.41) is 10.8. The molecule has 1 spiro atoms. The lowest BCUT2D eigenvalue weighted by molar-refractivity contribution is -0.141. The summed E-state index contributed by atoms with van der Waals surface area (Å²) >= 11 is 0. The maximum atomic E-state index is 12.8. The molecule has 2 atom stereocenters. The molecule has 0 aromatic heterocycles. The topological polar surface area (TPSA) is 43.8 Å². The summed E-state index contributed by atoms with van der Waals surface area (Å²) in [5.41, 5.74) is 1.23. The van der Waals surface area contributed by atoms with Gasteiger partial charge in [0, 0.05) is 44.6 Å². The maximum Gasteiger partial charge on any atom is 0.222 e. The Kier molecular flexibility index (Phi) is 6.79. The van der Waals surface area contributed by atoms with Crippen molar-refractivity contribution >= 4 is 5.91 Å². The van der Waals surface area contributed by atoms with Crippen LogP contribution in [0.25, 0.3) is 0 Å². The van der Waals surface area contributed by atoms with Crippen molar-refractivity contribution in [1.29, 1.82) is 0 Å². The molecule has 1 saturated carbocycles. The molecule has 0 aromatic carbocycles. The molecule has 3 rings (SSSR count). The number of carbonyl (C=O) groups is 1. The average molecular weight is 363 g/mol. The molecule has 0 unspecified atom stereocenters. The third-order valence-corrected chi connectivity index (χ3v) is 6.92. The zero-order valence-corrected chi connectivity index (χ0v) is 16.9. The molecule has 148 valence electrons. The van der Waals surface area contributed by atoms with E-state index < -0.39 is 0 Å². The second kappa shape index (κ2) is 8.88. The second-order valence-electron chi connectivity index (χ2n) is 9.29. The first-order valence-electron chi connectivity index (χ1n) is 10.8. The first-order chi connectivity index (χ1) is 12.5. The highest BCUT2D eigenvalue weighted by Crippen LogP contribution is 2.39. The first kappa shape index (κ1) is 19.9. The van der Waals surface area contributed by atoms with Gasteiger partial charge >= 0.3 is 0 Å². The van der Waals surface area contributed by atoms with Gasteiger partial charge in [0.1, 0.15) is 0 Å². The number of nitrogens with zero attached hydrogens (tertiary/aromatic N) is 2. The lowest BCUT2D eigenvalue weighted by atomic mass is 9.71. The molecule has 3 aliphatic rings. The van der Waals surface area contributed by atoms with Gasteiger partial charge in [-0.2, -0.15) is 0 Å². The SMILES string of the molecule is CC(C)=CCN1CC[C@@H](O)[C@]2(CCCN(C(=O)CCC3CCCC3)C2)C1. The summed E-state index contributed by atoms with van der Waals surface area (Å²) in [6.45, 7) is 8.76. The molecule has 3 fully saturated rings. The van der Waals surface area contributed by atoms with E-state index in [1.54, 1.807) is 0 Å². The van der Waals surface area contributed by atoms with Crippen molar-refractivity contribution in [2.24, 2.45) is 11.3 Å². The molecule has 4 heteroatoms. The minimum atomic E-state index is -0.268. The van der Waals surface area contributed by atoms with Gasteiger partial charge in [-0.25, -0.2) is 0 Å². The van der Waals surface area contributed by atoms with Crippen molar-refractivity contribution < 1.29 is 9.90 Å². The van der Waals surface area contributed by atoms with Crippen molar-refractivity contribution in [2.75, 3.05) is 32.7 Å². The Morgan fingerprint density at radius 1 is 1.12 bits per heavy atom. The summed E-state index contributed by atoms with van der Waals surface area (Å²) in [5.74, 6) is 1.10. The number of piperidine rings is 2. The molecule has 0 bridgehead atoms. The predicted molar refractivity (Wildman–Crippen MR) is 106 cm³/mol. The highest BCUT2D eigenvalue weighted by molar-refractivity contribution is 5.76. The zero-order valence-electron chi connectivity index (χ0n) is 16.9.